The Hall–Kier alpha value is -6.26. The molecule has 0 saturated carbocycles. The molecule has 2 aliphatic heterocycles. The zero-order valence-electron chi connectivity index (χ0n) is 28.4. The number of fused-ring (bicyclic) bond motifs is 7. The maximum Gasteiger partial charge on any atom is 0.260 e. The zero-order valence-corrected chi connectivity index (χ0v) is 28.4. The number of benzene rings is 8. The van der Waals surface area contributed by atoms with Crippen LogP contribution >= 0.6 is 0 Å². The molecule has 0 saturated heterocycles. The maximum absolute atomic E-state index is 6.78. The predicted octanol–water partition coefficient (Wildman–Crippen LogP) is 10.5. The number of hydrogen-bond donors (Lipinski definition) is 0. The second kappa shape index (κ2) is 10.4. The van der Waals surface area contributed by atoms with Gasteiger partial charge in [0.05, 0.1) is 5.69 Å². The van der Waals surface area contributed by atoms with Gasteiger partial charge in [-0.3, -0.25) is 0 Å². The van der Waals surface area contributed by atoms with Crippen LogP contribution in [0.3, 0.4) is 0 Å². The molecule has 11 rings (SSSR count). The number of ether oxygens (including phenoxy) is 2. The van der Waals surface area contributed by atoms with Gasteiger partial charge in [-0.2, -0.15) is 0 Å². The van der Waals surface area contributed by atoms with Crippen molar-refractivity contribution in [1.29, 1.82) is 0 Å². The molecule has 51 heavy (non-hydrogen) atoms. The molecule has 0 amide bonds. The van der Waals surface area contributed by atoms with Gasteiger partial charge in [-0.25, -0.2) is 0 Å². The number of para-hydroxylation sites is 2. The highest BCUT2D eigenvalue weighted by Gasteiger charge is 2.43. The number of nitrogens with zero attached hydrogens (tertiary/aromatic N) is 1. The SMILES string of the molecule is CC1(C)c2cc3c(cc2-c2ccc(N(c4ccccc4)c4ccc5ccccc5c4)c4cccc1c24)Oc1cccc2c1B3c1ccccc1O2. The van der Waals surface area contributed by atoms with Crippen LogP contribution in [0, 0.1) is 0 Å². The predicted molar refractivity (Wildman–Crippen MR) is 211 cm³/mol. The van der Waals surface area contributed by atoms with Crippen LogP contribution in [0.4, 0.5) is 17.1 Å². The summed E-state index contributed by atoms with van der Waals surface area (Å²) in [7, 11) is 0. The number of anilines is 3. The van der Waals surface area contributed by atoms with Gasteiger partial charge >= 0.3 is 0 Å². The molecule has 8 aromatic rings. The molecule has 3 nitrogen and oxygen atoms in total. The summed E-state index contributed by atoms with van der Waals surface area (Å²) in [6.07, 6.45) is 0. The minimum Gasteiger partial charge on any atom is -0.458 e. The average Bonchev–Trinajstić information content (AvgIpc) is 3.17. The van der Waals surface area contributed by atoms with Crippen molar-refractivity contribution in [3.63, 3.8) is 0 Å². The Labute approximate surface area is 297 Å². The summed E-state index contributed by atoms with van der Waals surface area (Å²) in [6, 6.07) is 56.9. The van der Waals surface area contributed by atoms with Crippen molar-refractivity contribution in [2.75, 3.05) is 4.90 Å². The highest BCUT2D eigenvalue weighted by Crippen LogP contribution is 2.53. The zero-order chi connectivity index (χ0) is 33.8. The summed E-state index contributed by atoms with van der Waals surface area (Å²) < 4.78 is 13.2. The van der Waals surface area contributed by atoms with Gasteiger partial charge in [-0.05, 0) is 104 Å². The lowest BCUT2D eigenvalue weighted by molar-refractivity contribution is 0.464. The minimum atomic E-state index is -0.263. The van der Waals surface area contributed by atoms with E-state index in [-0.39, 0.29) is 12.1 Å². The average molecular weight is 654 g/mol. The second-order valence-electron chi connectivity index (χ2n) is 14.5. The van der Waals surface area contributed by atoms with E-state index in [0.717, 1.165) is 45.5 Å². The molecular formula is C47H32BNO2. The summed E-state index contributed by atoms with van der Waals surface area (Å²) in [5.41, 5.74) is 11.8. The fourth-order valence-corrected chi connectivity index (χ4v) is 8.96. The van der Waals surface area contributed by atoms with Crippen LogP contribution in [0.1, 0.15) is 25.0 Å². The third-order valence-corrected chi connectivity index (χ3v) is 11.3. The monoisotopic (exact) mass is 653 g/mol. The van der Waals surface area contributed by atoms with E-state index in [4.69, 9.17) is 9.47 Å². The van der Waals surface area contributed by atoms with E-state index in [1.54, 1.807) is 0 Å². The molecular weight excluding hydrogens is 621 g/mol. The van der Waals surface area contributed by atoms with Crippen LogP contribution in [-0.4, -0.2) is 6.71 Å². The first kappa shape index (κ1) is 28.6. The quantitative estimate of drug-likeness (QED) is 0.177. The lowest BCUT2D eigenvalue weighted by Gasteiger charge is -2.39. The summed E-state index contributed by atoms with van der Waals surface area (Å²) in [5.74, 6) is 3.56. The summed E-state index contributed by atoms with van der Waals surface area (Å²) in [6.45, 7) is 4.79. The van der Waals surface area contributed by atoms with Crippen molar-refractivity contribution < 1.29 is 9.47 Å². The molecule has 8 aromatic carbocycles. The van der Waals surface area contributed by atoms with Crippen LogP contribution in [0.2, 0.25) is 0 Å². The van der Waals surface area contributed by atoms with Crippen LogP contribution in [-0.2, 0) is 5.41 Å². The molecule has 0 radical (unpaired) electrons. The molecule has 3 aliphatic rings. The maximum atomic E-state index is 6.78. The molecule has 0 fully saturated rings. The standard InChI is InChI=1S/C47H32BNO2/c1-47(2)36-17-10-16-34-40(49(31-14-4-3-5-15-31)32-23-22-29-12-6-7-13-30(29)26-32)25-24-33(45(34)36)35-27-44-39(28-37(35)47)48-38-18-8-9-19-41(38)50-42-20-11-21-43(51-44)46(42)48/h3-28H,1-2H3. The number of rotatable bonds is 3. The van der Waals surface area contributed by atoms with E-state index in [2.05, 4.69) is 170 Å². The third-order valence-electron chi connectivity index (χ3n) is 11.3. The minimum absolute atomic E-state index is 0.0342. The Morgan fingerprint density at radius 2 is 1.22 bits per heavy atom. The van der Waals surface area contributed by atoms with Gasteiger partial charge in [-0.1, -0.05) is 117 Å². The molecule has 0 N–H and O–H groups in total. The van der Waals surface area contributed by atoms with Crippen molar-refractivity contribution in [3.05, 3.63) is 169 Å². The van der Waals surface area contributed by atoms with Crippen LogP contribution in [0.15, 0.2) is 158 Å². The van der Waals surface area contributed by atoms with E-state index in [9.17, 15) is 0 Å². The molecule has 240 valence electrons. The van der Waals surface area contributed by atoms with Gasteiger partial charge in [0.2, 0.25) is 0 Å². The molecule has 4 heteroatoms. The van der Waals surface area contributed by atoms with E-state index in [1.807, 2.05) is 6.07 Å². The molecule has 0 spiro atoms. The topological polar surface area (TPSA) is 21.7 Å². The summed E-state index contributed by atoms with van der Waals surface area (Å²) in [5, 5.41) is 4.98. The highest BCUT2D eigenvalue weighted by molar-refractivity contribution is 6.98. The number of hydrogen-bond acceptors (Lipinski definition) is 3. The Balaban J connectivity index is 1.14. The normalized spacial score (nSPS) is 14.1. The Morgan fingerprint density at radius 1 is 0.490 bits per heavy atom. The fraction of sp³-hybridized carbons (Fsp3) is 0.0638. The molecule has 0 aromatic heterocycles. The van der Waals surface area contributed by atoms with E-state index in [1.165, 1.54) is 54.7 Å². The fourth-order valence-electron chi connectivity index (χ4n) is 8.96. The third kappa shape index (κ3) is 4.02. The molecule has 0 bridgehead atoms. The second-order valence-corrected chi connectivity index (χ2v) is 14.5. The smallest absolute Gasteiger partial charge is 0.260 e. The van der Waals surface area contributed by atoms with Crippen LogP contribution < -0.4 is 30.8 Å². The van der Waals surface area contributed by atoms with Gasteiger partial charge in [0.25, 0.3) is 6.71 Å². The lowest BCUT2D eigenvalue weighted by Crippen LogP contribution is -2.57. The highest BCUT2D eigenvalue weighted by atomic mass is 16.5. The lowest BCUT2D eigenvalue weighted by atomic mass is 9.34. The van der Waals surface area contributed by atoms with Crippen LogP contribution in [0.5, 0.6) is 23.0 Å². The van der Waals surface area contributed by atoms with Crippen molar-refractivity contribution in [2.24, 2.45) is 0 Å². The first-order valence-corrected chi connectivity index (χ1v) is 17.7. The summed E-state index contributed by atoms with van der Waals surface area (Å²) >= 11 is 0. The molecule has 1 aliphatic carbocycles. The van der Waals surface area contributed by atoms with E-state index >= 15 is 0 Å². The largest absolute Gasteiger partial charge is 0.458 e. The van der Waals surface area contributed by atoms with Gasteiger partial charge in [0.15, 0.2) is 0 Å². The first-order valence-electron chi connectivity index (χ1n) is 17.7. The van der Waals surface area contributed by atoms with Gasteiger partial charge in [-0.15, -0.1) is 0 Å². The van der Waals surface area contributed by atoms with Gasteiger partial charge in [0, 0.05) is 27.6 Å². The molecule has 0 atom stereocenters. The summed E-state index contributed by atoms with van der Waals surface area (Å²) in [4.78, 5) is 2.41. The van der Waals surface area contributed by atoms with Crippen LogP contribution in [0.25, 0.3) is 32.7 Å². The first-order chi connectivity index (χ1) is 25.0. The Bertz CT molecular complexity index is 2750. The van der Waals surface area contributed by atoms with Crippen molar-refractivity contribution >= 4 is 61.7 Å². The Morgan fingerprint density at radius 3 is 2.08 bits per heavy atom. The van der Waals surface area contributed by atoms with Gasteiger partial charge < -0.3 is 14.4 Å². The van der Waals surface area contributed by atoms with Crippen molar-refractivity contribution in [1.82, 2.24) is 0 Å². The molecule has 2 heterocycles. The van der Waals surface area contributed by atoms with Gasteiger partial charge in [0.1, 0.15) is 23.0 Å². The van der Waals surface area contributed by atoms with E-state index < -0.39 is 0 Å². The van der Waals surface area contributed by atoms with E-state index in [0.29, 0.717) is 0 Å². The Kier molecular flexibility index (Phi) is 5.82. The van der Waals surface area contributed by atoms with Crippen molar-refractivity contribution in [2.45, 2.75) is 19.3 Å². The van der Waals surface area contributed by atoms with Crippen molar-refractivity contribution in [3.8, 4) is 34.1 Å². The molecule has 0 unspecified atom stereocenters.